The molecular weight excluding hydrogens is 239 g/mol. The van der Waals surface area contributed by atoms with Crippen LogP contribution in [0.1, 0.15) is 10.4 Å². The van der Waals surface area contributed by atoms with Crippen LogP contribution in [-0.4, -0.2) is 16.6 Å². The molecule has 1 aliphatic heterocycles. The summed E-state index contributed by atoms with van der Waals surface area (Å²) in [7, 11) is 0. The normalized spacial score (nSPS) is 14.1. The number of nitrogens with zero attached hydrogens (tertiary/aromatic N) is 2. The summed E-state index contributed by atoms with van der Waals surface area (Å²) in [6, 6.07) is 4.86. The average molecular weight is 250 g/mol. The third-order valence-corrected chi connectivity index (χ3v) is 3.88. The van der Waals surface area contributed by atoms with Crippen LogP contribution in [0.5, 0.6) is 0 Å². The number of fused-ring (bicyclic) bond motifs is 1. The Kier molecular flexibility index (Phi) is 2.57. The van der Waals surface area contributed by atoms with Crippen LogP contribution >= 0.6 is 11.3 Å². The molecule has 0 fully saturated rings. The van der Waals surface area contributed by atoms with Gasteiger partial charge in [0.15, 0.2) is 5.13 Å². The van der Waals surface area contributed by atoms with Gasteiger partial charge in [-0.2, -0.15) is 0 Å². The smallest absolute Gasteiger partial charge is 0.190 e. The van der Waals surface area contributed by atoms with Crippen molar-refractivity contribution < 1.29 is 9.50 Å². The van der Waals surface area contributed by atoms with Gasteiger partial charge in [0.25, 0.3) is 0 Å². The highest BCUT2D eigenvalue weighted by atomic mass is 32.1. The SMILES string of the molecule is OCc1cnc(N2CCc3ccc(F)cc32)s1. The Labute approximate surface area is 102 Å². The van der Waals surface area contributed by atoms with Crippen LogP contribution in [-0.2, 0) is 13.0 Å². The number of halogens is 1. The topological polar surface area (TPSA) is 36.4 Å². The van der Waals surface area contributed by atoms with Gasteiger partial charge in [0, 0.05) is 18.4 Å². The number of aliphatic hydroxyl groups excluding tert-OH is 1. The van der Waals surface area contributed by atoms with Gasteiger partial charge >= 0.3 is 0 Å². The Morgan fingerprint density at radius 3 is 3.12 bits per heavy atom. The molecule has 0 aliphatic carbocycles. The van der Waals surface area contributed by atoms with Crippen molar-refractivity contribution in [3.8, 4) is 0 Å². The molecule has 1 aromatic carbocycles. The summed E-state index contributed by atoms with van der Waals surface area (Å²) in [5, 5.41) is 9.84. The third kappa shape index (κ3) is 1.81. The molecule has 88 valence electrons. The summed E-state index contributed by atoms with van der Waals surface area (Å²) in [6.07, 6.45) is 2.57. The molecule has 0 spiro atoms. The van der Waals surface area contributed by atoms with Gasteiger partial charge in [-0.05, 0) is 24.1 Å². The van der Waals surface area contributed by atoms with Crippen LogP contribution in [0.3, 0.4) is 0 Å². The fraction of sp³-hybridized carbons (Fsp3) is 0.250. The van der Waals surface area contributed by atoms with E-state index in [0.29, 0.717) is 0 Å². The predicted molar refractivity (Wildman–Crippen MR) is 65.1 cm³/mol. The van der Waals surface area contributed by atoms with Crippen molar-refractivity contribution in [1.29, 1.82) is 0 Å². The monoisotopic (exact) mass is 250 g/mol. The van der Waals surface area contributed by atoms with E-state index < -0.39 is 0 Å². The molecule has 1 aliphatic rings. The highest BCUT2D eigenvalue weighted by Crippen LogP contribution is 2.36. The van der Waals surface area contributed by atoms with E-state index >= 15 is 0 Å². The van der Waals surface area contributed by atoms with Crippen molar-refractivity contribution in [2.75, 3.05) is 11.4 Å². The summed E-state index contributed by atoms with van der Waals surface area (Å²) < 4.78 is 13.2. The standard InChI is InChI=1S/C12H11FN2OS/c13-9-2-1-8-3-4-15(11(8)5-9)12-14-6-10(7-16)17-12/h1-2,5-6,16H,3-4,7H2. The van der Waals surface area contributed by atoms with Crippen LogP contribution in [0, 0.1) is 5.82 Å². The molecule has 1 N–H and O–H groups in total. The molecule has 17 heavy (non-hydrogen) atoms. The highest BCUT2D eigenvalue weighted by Gasteiger charge is 2.23. The minimum Gasteiger partial charge on any atom is -0.391 e. The van der Waals surface area contributed by atoms with Crippen LogP contribution in [0.15, 0.2) is 24.4 Å². The van der Waals surface area contributed by atoms with E-state index in [1.807, 2.05) is 11.0 Å². The van der Waals surface area contributed by atoms with Gasteiger partial charge in [-0.1, -0.05) is 17.4 Å². The summed E-state index contributed by atoms with van der Waals surface area (Å²) in [6.45, 7) is 0.818. The number of benzene rings is 1. The Morgan fingerprint density at radius 1 is 1.47 bits per heavy atom. The molecular formula is C12H11FN2OS. The van der Waals surface area contributed by atoms with Gasteiger partial charge in [0.2, 0.25) is 0 Å². The minimum absolute atomic E-state index is 0.00150. The molecule has 0 bridgehead atoms. The van der Waals surface area contributed by atoms with Gasteiger partial charge in [0.1, 0.15) is 5.82 Å². The lowest BCUT2D eigenvalue weighted by Gasteiger charge is -2.15. The van der Waals surface area contributed by atoms with E-state index in [1.165, 1.54) is 17.4 Å². The lowest BCUT2D eigenvalue weighted by Crippen LogP contribution is -2.12. The molecule has 1 aromatic heterocycles. The summed E-state index contributed by atoms with van der Waals surface area (Å²) in [4.78, 5) is 7.09. The second-order valence-electron chi connectivity index (χ2n) is 3.94. The molecule has 0 amide bonds. The lowest BCUT2D eigenvalue weighted by atomic mass is 10.2. The number of anilines is 2. The van der Waals surface area contributed by atoms with Crippen molar-refractivity contribution >= 4 is 22.2 Å². The maximum absolute atomic E-state index is 13.2. The van der Waals surface area contributed by atoms with Crippen molar-refractivity contribution in [3.05, 3.63) is 40.7 Å². The number of thiazole rings is 1. The summed E-state index contributed by atoms with van der Waals surface area (Å²) >= 11 is 1.44. The highest BCUT2D eigenvalue weighted by molar-refractivity contribution is 7.15. The van der Waals surface area contributed by atoms with Crippen molar-refractivity contribution in [3.63, 3.8) is 0 Å². The maximum Gasteiger partial charge on any atom is 0.190 e. The molecule has 0 radical (unpaired) electrons. The van der Waals surface area contributed by atoms with Crippen LogP contribution < -0.4 is 4.90 Å². The number of hydrogen-bond acceptors (Lipinski definition) is 4. The van der Waals surface area contributed by atoms with Gasteiger partial charge in [-0.25, -0.2) is 9.37 Å². The summed E-state index contributed by atoms with van der Waals surface area (Å²) in [5.41, 5.74) is 2.04. The molecule has 2 aromatic rings. The number of hydrogen-bond donors (Lipinski definition) is 1. The third-order valence-electron chi connectivity index (χ3n) is 2.87. The molecule has 0 saturated heterocycles. The Hall–Kier alpha value is -1.46. The Bertz CT molecular complexity index is 555. The van der Waals surface area contributed by atoms with E-state index in [2.05, 4.69) is 4.98 Å². The van der Waals surface area contributed by atoms with Gasteiger partial charge in [-0.3, -0.25) is 0 Å². The number of aromatic nitrogens is 1. The van der Waals surface area contributed by atoms with Crippen molar-refractivity contribution in [2.45, 2.75) is 13.0 Å². The first kappa shape index (κ1) is 10.7. The van der Waals surface area contributed by atoms with E-state index in [0.717, 1.165) is 34.2 Å². The summed E-state index contributed by atoms with van der Waals surface area (Å²) in [5.74, 6) is -0.227. The predicted octanol–water partition coefficient (Wildman–Crippen LogP) is 2.47. The average Bonchev–Trinajstić information content (AvgIpc) is 2.93. The fourth-order valence-corrected chi connectivity index (χ4v) is 2.86. The zero-order valence-corrected chi connectivity index (χ0v) is 9.88. The lowest BCUT2D eigenvalue weighted by molar-refractivity contribution is 0.285. The number of rotatable bonds is 2. The number of aliphatic hydroxyl groups is 1. The second-order valence-corrected chi connectivity index (χ2v) is 5.04. The zero-order chi connectivity index (χ0) is 11.8. The molecule has 3 rings (SSSR count). The molecule has 3 nitrogen and oxygen atoms in total. The van der Waals surface area contributed by atoms with Gasteiger partial charge < -0.3 is 10.0 Å². The largest absolute Gasteiger partial charge is 0.391 e. The van der Waals surface area contributed by atoms with Crippen LogP contribution in [0.25, 0.3) is 0 Å². The Balaban J connectivity index is 2.00. The van der Waals surface area contributed by atoms with Gasteiger partial charge in [0.05, 0.1) is 11.5 Å². The molecule has 0 saturated carbocycles. The van der Waals surface area contributed by atoms with E-state index in [4.69, 9.17) is 5.11 Å². The first-order valence-corrected chi connectivity index (χ1v) is 6.21. The molecule has 2 heterocycles. The fourth-order valence-electron chi connectivity index (χ4n) is 2.05. The van der Waals surface area contributed by atoms with E-state index in [1.54, 1.807) is 12.3 Å². The quantitative estimate of drug-likeness (QED) is 0.889. The first-order valence-electron chi connectivity index (χ1n) is 5.39. The zero-order valence-electron chi connectivity index (χ0n) is 9.06. The van der Waals surface area contributed by atoms with E-state index in [-0.39, 0.29) is 12.4 Å². The van der Waals surface area contributed by atoms with Gasteiger partial charge in [-0.15, -0.1) is 0 Å². The van der Waals surface area contributed by atoms with Crippen molar-refractivity contribution in [2.24, 2.45) is 0 Å². The molecule has 0 unspecified atom stereocenters. The Morgan fingerprint density at radius 2 is 2.35 bits per heavy atom. The molecule has 0 atom stereocenters. The minimum atomic E-state index is -0.227. The van der Waals surface area contributed by atoms with Crippen LogP contribution in [0.4, 0.5) is 15.2 Å². The maximum atomic E-state index is 13.2. The molecule has 5 heteroatoms. The first-order chi connectivity index (χ1) is 8.28. The van der Waals surface area contributed by atoms with Crippen molar-refractivity contribution in [1.82, 2.24) is 4.98 Å². The second kappa shape index (κ2) is 4.09. The van der Waals surface area contributed by atoms with E-state index in [9.17, 15) is 4.39 Å². The van der Waals surface area contributed by atoms with Crippen LogP contribution in [0.2, 0.25) is 0 Å².